The lowest BCUT2D eigenvalue weighted by Crippen LogP contribution is -2.29. The number of halogens is 1. The Morgan fingerprint density at radius 1 is 1.62 bits per heavy atom. The zero-order chi connectivity index (χ0) is 12.0. The maximum absolute atomic E-state index is 11.3. The number of anilines is 1. The van der Waals surface area contributed by atoms with Crippen molar-refractivity contribution in [2.24, 2.45) is 0 Å². The van der Waals surface area contributed by atoms with E-state index in [4.69, 9.17) is 4.74 Å². The van der Waals surface area contributed by atoms with Crippen LogP contribution >= 0.6 is 15.9 Å². The number of nitrogens with one attached hydrogen (secondary N) is 2. The number of aromatic nitrogens is 1. The molecule has 1 aromatic heterocycles. The molecule has 0 aliphatic heterocycles. The molecule has 5 nitrogen and oxygen atoms in total. The van der Waals surface area contributed by atoms with Crippen LogP contribution in [0.5, 0.6) is 5.88 Å². The number of carbonyl (C=O) groups excluding carboxylic acids is 1. The lowest BCUT2D eigenvalue weighted by atomic mass is 10.4. The molecule has 0 aliphatic carbocycles. The first-order valence-electron chi connectivity index (χ1n) is 4.50. The van der Waals surface area contributed by atoms with Gasteiger partial charge in [0.15, 0.2) is 0 Å². The van der Waals surface area contributed by atoms with Crippen molar-refractivity contribution < 1.29 is 9.53 Å². The molecule has 1 heterocycles. The predicted molar refractivity (Wildman–Crippen MR) is 65.9 cm³/mol. The Balaban J connectivity index is 2.46. The highest BCUT2D eigenvalue weighted by molar-refractivity contribution is 9.11. The van der Waals surface area contributed by atoms with Crippen LogP contribution in [-0.4, -0.2) is 24.7 Å². The first-order valence-corrected chi connectivity index (χ1v) is 5.29. The van der Waals surface area contributed by atoms with Crippen LogP contribution in [0, 0.1) is 0 Å². The highest BCUT2D eigenvalue weighted by Crippen LogP contribution is 2.10. The third-order valence-electron chi connectivity index (χ3n) is 1.64. The molecule has 0 saturated heterocycles. The summed E-state index contributed by atoms with van der Waals surface area (Å²) in [6.45, 7) is 3.97. The van der Waals surface area contributed by atoms with Gasteiger partial charge in [-0.2, -0.15) is 0 Å². The van der Waals surface area contributed by atoms with Crippen molar-refractivity contribution in [3.63, 3.8) is 0 Å². The average molecular weight is 286 g/mol. The van der Waals surface area contributed by atoms with E-state index >= 15 is 0 Å². The zero-order valence-electron chi connectivity index (χ0n) is 8.79. The van der Waals surface area contributed by atoms with Gasteiger partial charge in [0.25, 0.3) is 0 Å². The van der Waals surface area contributed by atoms with E-state index in [-0.39, 0.29) is 6.03 Å². The fourth-order valence-corrected chi connectivity index (χ4v) is 1.07. The number of ether oxygens (including phenoxy) is 1. The SMILES string of the molecule is C=C(Br)CNC(=O)Nc1ccc(OC)nc1. The van der Waals surface area contributed by atoms with Crippen molar-refractivity contribution in [1.82, 2.24) is 10.3 Å². The Morgan fingerprint density at radius 2 is 2.38 bits per heavy atom. The number of pyridine rings is 1. The quantitative estimate of drug-likeness (QED) is 0.891. The van der Waals surface area contributed by atoms with E-state index in [9.17, 15) is 4.79 Å². The van der Waals surface area contributed by atoms with Crippen molar-refractivity contribution >= 4 is 27.6 Å². The second-order valence-corrected chi connectivity index (χ2v) is 4.04. The van der Waals surface area contributed by atoms with Crippen LogP contribution in [0.15, 0.2) is 29.4 Å². The first-order chi connectivity index (χ1) is 7.61. The van der Waals surface area contributed by atoms with Crippen LogP contribution in [0.25, 0.3) is 0 Å². The van der Waals surface area contributed by atoms with Gasteiger partial charge in [-0.15, -0.1) is 0 Å². The van der Waals surface area contributed by atoms with E-state index < -0.39 is 0 Å². The number of methoxy groups -OCH3 is 1. The number of nitrogens with zero attached hydrogens (tertiary/aromatic N) is 1. The smallest absolute Gasteiger partial charge is 0.319 e. The molecule has 1 aromatic rings. The highest BCUT2D eigenvalue weighted by Gasteiger charge is 2.01. The van der Waals surface area contributed by atoms with Crippen LogP contribution in [0.4, 0.5) is 10.5 Å². The molecule has 0 fully saturated rings. The molecular weight excluding hydrogens is 274 g/mol. The third kappa shape index (κ3) is 4.31. The minimum atomic E-state index is -0.312. The van der Waals surface area contributed by atoms with E-state index in [1.807, 2.05) is 0 Å². The van der Waals surface area contributed by atoms with Gasteiger partial charge in [-0.25, -0.2) is 9.78 Å². The molecule has 0 spiro atoms. The van der Waals surface area contributed by atoms with Crippen molar-refractivity contribution in [3.8, 4) is 5.88 Å². The predicted octanol–water partition coefficient (Wildman–Crippen LogP) is 2.12. The van der Waals surface area contributed by atoms with Crippen molar-refractivity contribution in [3.05, 3.63) is 29.4 Å². The number of hydrogen-bond donors (Lipinski definition) is 2. The Hall–Kier alpha value is -1.56. The maximum Gasteiger partial charge on any atom is 0.319 e. The average Bonchev–Trinajstić information content (AvgIpc) is 2.27. The Kier molecular flexibility index (Phi) is 4.78. The minimum Gasteiger partial charge on any atom is -0.481 e. The summed E-state index contributed by atoms with van der Waals surface area (Å²) in [7, 11) is 1.53. The molecule has 6 heteroatoms. The summed E-state index contributed by atoms with van der Waals surface area (Å²) in [5.74, 6) is 0.500. The lowest BCUT2D eigenvalue weighted by molar-refractivity contribution is 0.253. The molecule has 0 saturated carbocycles. The fourth-order valence-electron chi connectivity index (χ4n) is 0.926. The minimum absolute atomic E-state index is 0.312. The van der Waals surface area contributed by atoms with Crippen LogP contribution in [-0.2, 0) is 0 Å². The third-order valence-corrected chi connectivity index (χ3v) is 1.92. The van der Waals surface area contributed by atoms with Gasteiger partial charge in [-0.3, -0.25) is 0 Å². The van der Waals surface area contributed by atoms with Crippen LogP contribution in [0.2, 0.25) is 0 Å². The number of hydrogen-bond acceptors (Lipinski definition) is 3. The number of urea groups is 1. The Morgan fingerprint density at radius 3 is 2.88 bits per heavy atom. The van der Waals surface area contributed by atoms with Gasteiger partial charge in [0.1, 0.15) is 0 Å². The van der Waals surface area contributed by atoms with E-state index in [2.05, 4.69) is 38.1 Å². The molecule has 0 radical (unpaired) electrons. The largest absolute Gasteiger partial charge is 0.481 e. The summed E-state index contributed by atoms with van der Waals surface area (Å²) in [6, 6.07) is 3.06. The lowest BCUT2D eigenvalue weighted by Gasteiger charge is -2.06. The summed E-state index contributed by atoms with van der Waals surface area (Å²) in [4.78, 5) is 15.3. The second-order valence-electron chi connectivity index (χ2n) is 2.91. The first kappa shape index (κ1) is 12.5. The number of amides is 2. The second kappa shape index (κ2) is 6.12. The normalized spacial score (nSPS) is 9.38. The zero-order valence-corrected chi connectivity index (χ0v) is 10.4. The molecule has 0 aliphatic rings. The summed E-state index contributed by atoms with van der Waals surface area (Å²) in [6.07, 6.45) is 1.52. The molecule has 2 N–H and O–H groups in total. The van der Waals surface area contributed by atoms with Crippen LogP contribution in [0.1, 0.15) is 0 Å². The Labute approximate surface area is 102 Å². The summed E-state index contributed by atoms with van der Waals surface area (Å²) in [5, 5.41) is 5.22. The molecule has 0 unspecified atom stereocenters. The molecule has 1 rings (SSSR count). The molecule has 16 heavy (non-hydrogen) atoms. The molecule has 0 atom stereocenters. The fraction of sp³-hybridized carbons (Fsp3) is 0.200. The van der Waals surface area contributed by atoms with Gasteiger partial charge in [0.05, 0.1) is 25.5 Å². The summed E-state index contributed by atoms with van der Waals surface area (Å²) < 4.78 is 5.60. The molecule has 0 bridgehead atoms. The Bertz CT molecular complexity index is 378. The van der Waals surface area contributed by atoms with Gasteiger partial charge in [0.2, 0.25) is 5.88 Å². The van der Waals surface area contributed by atoms with E-state index in [1.165, 1.54) is 13.3 Å². The summed E-state index contributed by atoms with van der Waals surface area (Å²) >= 11 is 3.14. The number of rotatable bonds is 4. The van der Waals surface area contributed by atoms with Crippen molar-refractivity contribution in [2.75, 3.05) is 19.0 Å². The monoisotopic (exact) mass is 285 g/mol. The topological polar surface area (TPSA) is 63.2 Å². The van der Waals surface area contributed by atoms with Crippen molar-refractivity contribution in [2.45, 2.75) is 0 Å². The standard InChI is InChI=1S/C10H12BrN3O2/c1-7(11)5-13-10(15)14-8-3-4-9(16-2)12-6-8/h3-4,6H,1,5H2,2H3,(H2,13,14,15). The van der Waals surface area contributed by atoms with Gasteiger partial charge in [-0.1, -0.05) is 22.5 Å². The molecule has 0 aromatic carbocycles. The van der Waals surface area contributed by atoms with E-state index in [0.717, 1.165) is 0 Å². The van der Waals surface area contributed by atoms with Gasteiger partial charge >= 0.3 is 6.03 Å². The van der Waals surface area contributed by atoms with E-state index in [1.54, 1.807) is 12.1 Å². The summed E-state index contributed by atoms with van der Waals surface area (Å²) in [5.41, 5.74) is 0.596. The molecule has 2 amide bonds. The van der Waals surface area contributed by atoms with Crippen molar-refractivity contribution in [1.29, 1.82) is 0 Å². The van der Waals surface area contributed by atoms with E-state index in [0.29, 0.717) is 22.6 Å². The van der Waals surface area contributed by atoms with Gasteiger partial charge in [0, 0.05) is 10.5 Å². The van der Waals surface area contributed by atoms with Gasteiger partial charge in [-0.05, 0) is 6.07 Å². The van der Waals surface area contributed by atoms with Gasteiger partial charge < -0.3 is 15.4 Å². The molecule has 86 valence electrons. The van der Waals surface area contributed by atoms with Crippen LogP contribution in [0.3, 0.4) is 0 Å². The number of carbonyl (C=O) groups is 1. The highest BCUT2D eigenvalue weighted by atomic mass is 79.9. The van der Waals surface area contributed by atoms with Crippen LogP contribution < -0.4 is 15.4 Å². The maximum atomic E-state index is 11.3. The molecular formula is C10H12BrN3O2.